The number of hydrogen-bond donors (Lipinski definition) is 0. The van der Waals surface area contributed by atoms with Gasteiger partial charge in [-0.2, -0.15) is 0 Å². The number of ether oxygens (including phenoxy) is 2. The van der Waals surface area contributed by atoms with Gasteiger partial charge in [0.1, 0.15) is 11.9 Å². The molecular weight excluding hydrogens is 176 g/mol. The molecule has 2 heteroatoms. The fraction of sp³-hybridized carbons (Fsp3) is 0.667. The van der Waals surface area contributed by atoms with Gasteiger partial charge >= 0.3 is 0 Å². The Balaban J connectivity index is 2.63. The number of hydrogen-bond acceptors (Lipinski definition) is 2. The van der Waals surface area contributed by atoms with Crippen LogP contribution >= 0.6 is 0 Å². The molecule has 0 saturated heterocycles. The largest absolute Gasteiger partial charge is 0.495 e. The van der Waals surface area contributed by atoms with E-state index in [1.807, 2.05) is 13.0 Å². The van der Waals surface area contributed by atoms with Crippen LogP contribution in [-0.4, -0.2) is 19.8 Å². The van der Waals surface area contributed by atoms with Crippen LogP contribution in [0.25, 0.3) is 0 Å². The Morgan fingerprint density at radius 3 is 2.71 bits per heavy atom. The molecule has 0 N–H and O–H groups in total. The van der Waals surface area contributed by atoms with Crippen molar-refractivity contribution < 1.29 is 9.47 Å². The van der Waals surface area contributed by atoms with Crippen molar-refractivity contribution >= 4 is 0 Å². The molecule has 14 heavy (non-hydrogen) atoms. The third kappa shape index (κ3) is 2.88. The van der Waals surface area contributed by atoms with Crippen molar-refractivity contribution in [1.82, 2.24) is 0 Å². The quantitative estimate of drug-likeness (QED) is 0.673. The number of methoxy groups -OCH3 is 1. The van der Waals surface area contributed by atoms with Crippen LogP contribution in [0.4, 0.5) is 0 Å². The second kappa shape index (κ2) is 5.86. The van der Waals surface area contributed by atoms with E-state index in [4.69, 9.17) is 9.47 Å². The van der Waals surface area contributed by atoms with Crippen molar-refractivity contribution in [2.24, 2.45) is 0 Å². The van der Waals surface area contributed by atoms with Gasteiger partial charge in [-0.15, -0.1) is 0 Å². The van der Waals surface area contributed by atoms with Gasteiger partial charge in [-0.3, -0.25) is 0 Å². The van der Waals surface area contributed by atoms with Crippen molar-refractivity contribution in [2.45, 2.75) is 39.2 Å². The molecule has 0 heterocycles. The smallest absolute Gasteiger partial charge is 0.125 e. The lowest BCUT2D eigenvalue weighted by Crippen LogP contribution is -2.19. The third-order valence-corrected chi connectivity index (χ3v) is 2.41. The molecule has 0 bridgehead atoms. The minimum absolute atomic E-state index is 0.126. The van der Waals surface area contributed by atoms with Crippen LogP contribution in [0.2, 0.25) is 0 Å². The van der Waals surface area contributed by atoms with Crippen LogP contribution < -0.4 is 0 Å². The number of rotatable bonds is 5. The molecule has 0 spiro atoms. The molecule has 1 unspecified atom stereocenters. The molecule has 0 amide bonds. The SMILES string of the molecule is CCCC1=CC=C(OCC)C(OC)C1. The van der Waals surface area contributed by atoms with Crippen molar-refractivity contribution in [2.75, 3.05) is 13.7 Å². The standard InChI is InChI=1S/C12H20O2/c1-4-6-10-7-8-11(14-5-2)12(9-10)13-3/h7-8,12H,4-6,9H2,1-3H3. The van der Waals surface area contributed by atoms with E-state index in [0.29, 0.717) is 6.61 Å². The summed E-state index contributed by atoms with van der Waals surface area (Å²) in [5.74, 6) is 0.967. The van der Waals surface area contributed by atoms with Gasteiger partial charge < -0.3 is 9.47 Å². The zero-order chi connectivity index (χ0) is 10.4. The molecule has 0 saturated carbocycles. The molecule has 2 nitrogen and oxygen atoms in total. The topological polar surface area (TPSA) is 18.5 Å². The van der Waals surface area contributed by atoms with E-state index in [9.17, 15) is 0 Å². The summed E-state index contributed by atoms with van der Waals surface area (Å²) in [5.41, 5.74) is 1.46. The third-order valence-electron chi connectivity index (χ3n) is 2.41. The van der Waals surface area contributed by atoms with Crippen molar-refractivity contribution in [1.29, 1.82) is 0 Å². The first-order chi connectivity index (χ1) is 6.81. The average Bonchev–Trinajstić information content (AvgIpc) is 2.21. The molecule has 80 valence electrons. The minimum atomic E-state index is 0.126. The zero-order valence-corrected chi connectivity index (χ0v) is 9.38. The van der Waals surface area contributed by atoms with E-state index in [1.54, 1.807) is 7.11 Å². The predicted molar refractivity (Wildman–Crippen MR) is 58.1 cm³/mol. The molecule has 1 aliphatic carbocycles. The lowest BCUT2D eigenvalue weighted by molar-refractivity contribution is 0.0646. The molecule has 0 aromatic carbocycles. The Labute approximate surface area is 86.6 Å². The van der Waals surface area contributed by atoms with Crippen molar-refractivity contribution in [3.8, 4) is 0 Å². The maximum Gasteiger partial charge on any atom is 0.125 e. The maximum atomic E-state index is 5.50. The van der Waals surface area contributed by atoms with Crippen LogP contribution in [0.3, 0.4) is 0 Å². The Bertz CT molecular complexity index is 228. The van der Waals surface area contributed by atoms with Gasteiger partial charge in [0.05, 0.1) is 6.61 Å². The lowest BCUT2D eigenvalue weighted by Gasteiger charge is -2.23. The molecule has 0 fully saturated rings. The van der Waals surface area contributed by atoms with Crippen LogP contribution in [0.1, 0.15) is 33.1 Å². The summed E-state index contributed by atoms with van der Waals surface area (Å²) in [6.07, 6.45) is 7.68. The molecule has 1 rings (SSSR count). The fourth-order valence-electron chi connectivity index (χ4n) is 1.73. The normalized spacial score (nSPS) is 21.5. The Hall–Kier alpha value is -0.760. The summed E-state index contributed by atoms with van der Waals surface area (Å²) < 4.78 is 10.9. The van der Waals surface area contributed by atoms with Gasteiger partial charge in [0, 0.05) is 13.5 Å². The highest BCUT2D eigenvalue weighted by molar-refractivity contribution is 5.24. The molecule has 0 aromatic heterocycles. The van der Waals surface area contributed by atoms with E-state index in [1.165, 1.54) is 12.0 Å². The summed E-state index contributed by atoms with van der Waals surface area (Å²) >= 11 is 0. The Morgan fingerprint density at radius 2 is 2.14 bits per heavy atom. The van der Waals surface area contributed by atoms with Crippen LogP contribution in [0, 0.1) is 0 Å². The first-order valence-electron chi connectivity index (χ1n) is 5.37. The van der Waals surface area contributed by atoms with Gasteiger partial charge in [-0.05, 0) is 19.4 Å². The van der Waals surface area contributed by atoms with Gasteiger partial charge in [0.25, 0.3) is 0 Å². The van der Waals surface area contributed by atoms with E-state index >= 15 is 0 Å². The summed E-state index contributed by atoms with van der Waals surface area (Å²) in [6, 6.07) is 0. The van der Waals surface area contributed by atoms with Gasteiger partial charge in [-0.25, -0.2) is 0 Å². The first kappa shape index (κ1) is 11.3. The molecule has 0 aliphatic heterocycles. The fourth-order valence-corrected chi connectivity index (χ4v) is 1.73. The minimum Gasteiger partial charge on any atom is -0.495 e. The molecular formula is C12H20O2. The van der Waals surface area contributed by atoms with Crippen LogP contribution in [0.5, 0.6) is 0 Å². The second-order valence-corrected chi connectivity index (χ2v) is 3.51. The van der Waals surface area contributed by atoms with Crippen LogP contribution in [0.15, 0.2) is 23.5 Å². The van der Waals surface area contributed by atoms with Gasteiger partial charge in [0.15, 0.2) is 0 Å². The molecule has 1 atom stereocenters. The molecule has 0 aromatic rings. The summed E-state index contributed by atoms with van der Waals surface area (Å²) in [5, 5.41) is 0. The maximum absolute atomic E-state index is 5.50. The lowest BCUT2D eigenvalue weighted by atomic mass is 9.97. The first-order valence-corrected chi connectivity index (χ1v) is 5.37. The monoisotopic (exact) mass is 196 g/mol. The van der Waals surface area contributed by atoms with E-state index in [2.05, 4.69) is 13.0 Å². The van der Waals surface area contributed by atoms with Gasteiger partial charge in [-0.1, -0.05) is 25.0 Å². The Kier molecular flexibility index (Phi) is 4.74. The summed E-state index contributed by atoms with van der Waals surface area (Å²) in [4.78, 5) is 0. The zero-order valence-electron chi connectivity index (χ0n) is 9.38. The van der Waals surface area contributed by atoms with E-state index in [-0.39, 0.29) is 6.10 Å². The van der Waals surface area contributed by atoms with Crippen LogP contribution in [-0.2, 0) is 9.47 Å². The second-order valence-electron chi connectivity index (χ2n) is 3.51. The van der Waals surface area contributed by atoms with Crippen molar-refractivity contribution in [3.63, 3.8) is 0 Å². The average molecular weight is 196 g/mol. The van der Waals surface area contributed by atoms with Crippen molar-refractivity contribution in [3.05, 3.63) is 23.5 Å². The molecule has 1 aliphatic rings. The number of allylic oxidation sites excluding steroid dienone is 2. The van der Waals surface area contributed by atoms with E-state index < -0.39 is 0 Å². The highest BCUT2D eigenvalue weighted by atomic mass is 16.5. The highest BCUT2D eigenvalue weighted by Gasteiger charge is 2.19. The predicted octanol–water partition coefficient (Wildman–Crippen LogP) is 3.05. The highest BCUT2D eigenvalue weighted by Crippen LogP contribution is 2.24. The van der Waals surface area contributed by atoms with E-state index in [0.717, 1.165) is 18.6 Å². The Morgan fingerprint density at radius 1 is 1.36 bits per heavy atom. The summed E-state index contributed by atoms with van der Waals surface area (Å²) in [6.45, 7) is 4.91. The summed E-state index contributed by atoms with van der Waals surface area (Å²) in [7, 11) is 1.74. The molecule has 0 radical (unpaired) electrons. The van der Waals surface area contributed by atoms with Gasteiger partial charge in [0.2, 0.25) is 0 Å².